The zero-order valence-corrected chi connectivity index (χ0v) is 16.0. The molecular weight excluding hydrogens is 292 g/mol. The predicted molar refractivity (Wildman–Crippen MR) is 97.6 cm³/mol. The number of unbranched alkanes of at least 4 members (excludes halogenated alkanes) is 4. The van der Waals surface area contributed by atoms with Crippen LogP contribution in [-0.4, -0.2) is 47.9 Å². The van der Waals surface area contributed by atoms with Crippen molar-refractivity contribution < 1.29 is 20.1 Å². The van der Waals surface area contributed by atoms with Crippen molar-refractivity contribution in [3.8, 4) is 0 Å². The van der Waals surface area contributed by atoms with Crippen molar-refractivity contribution in [2.45, 2.75) is 85.2 Å². The molecule has 0 amide bonds. The third-order valence-corrected chi connectivity index (χ3v) is 3.56. The number of hydrogen-bond acceptors (Lipinski definition) is 4. The second-order valence-electron chi connectivity index (χ2n) is 7.12. The summed E-state index contributed by atoms with van der Waals surface area (Å²) < 4.78 is 5.65. The van der Waals surface area contributed by atoms with Crippen LogP contribution < -0.4 is 0 Å². The minimum absolute atomic E-state index is 0.365. The molecule has 0 aliphatic heterocycles. The van der Waals surface area contributed by atoms with Crippen LogP contribution in [0.4, 0.5) is 0 Å². The van der Waals surface area contributed by atoms with Gasteiger partial charge in [0.2, 0.25) is 0 Å². The minimum Gasteiger partial charge on any atom is -0.394 e. The Bertz CT molecular complexity index is 188. The van der Waals surface area contributed by atoms with E-state index in [4.69, 9.17) is 20.1 Å². The normalized spacial score (nSPS) is 11.2. The summed E-state index contributed by atoms with van der Waals surface area (Å²) in [5.74, 6) is 1.72. The SMILES string of the molecule is CC(C)CCCCCOCCCCCC(C)C.OCC(O)CO. The average molecular weight is 335 g/mol. The number of hydrogen-bond donors (Lipinski definition) is 3. The van der Waals surface area contributed by atoms with Gasteiger partial charge < -0.3 is 20.1 Å². The highest BCUT2D eigenvalue weighted by Gasteiger charge is 1.96. The summed E-state index contributed by atoms with van der Waals surface area (Å²) in [5.41, 5.74) is 0. The Morgan fingerprint density at radius 3 is 1.30 bits per heavy atom. The predicted octanol–water partition coefficient (Wildman–Crippen LogP) is 3.77. The van der Waals surface area contributed by atoms with E-state index in [0.29, 0.717) is 0 Å². The van der Waals surface area contributed by atoms with E-state index in [1.807, 2.05) is 0 Å². The molecule has 3 N–H and O–H groups in total. The summed E-state index contributed by atoms with van der Waals surface area (Å²) in [7, 11) is 0. The lowest BCUT2D eigenvalue weighted by Gasteiger charge is -2.06. The van der Waals surface area contributed by atoms with Gasteiger partial charge in [0.05, 0.1) is 13.2 Å². The van der Waals surface area contributed by atoms with E-state index in [0.717, 1.165) is 25.0 Å². The van der Waals surface area contributed by atoms with Crippen molar-refractivity contribution in [2.24, 2.45) is 11.8 Å². The van der Waals surface area contributed by atoms with Crippen molar-refractivity contribution in [2.75, 3.05) is 26.4 Å². The maximum atomic E-state index is 8.17. The van der Waals surface area contributed by atoms with Crippen LogP contribution in [0.25, 0.3) is 0 Å². The molecule has 0 bridgehead atoms. The molecule has 0 aromatic rings. The van der Waals surface area contributed by atoms with Crippen LogP contribution in [0.3, 0.4) is 0 Å². The van der Waals surface area contributed by atoms with Crippen molar-refractivity contribution in [1.82, 2.24) is 0 Å². The molecular formula is C19H42O4. The molecule has 0 heterocycles. The van der Waals surface area contributed by atoms with E-state index in [9.17, 15) is 0 Å². The van der Waals surface area contributed by atoms with Crippen LogP contribution >= 0.6 is 0 Å². The van der Waals surface area contributed by atoms with Crippen LogP contribution in [0.15, 0.2) is 0 Å². The lowest BCUT2D eigenvalue weighted by atomic mass is 10.1. The number of ether oxygens (including phenoxy) is 1. The van der Waals surface area contributed by atoms with Gasteiger partial charge in [-0.05, 0) is 24.7 Å². The van der Waals surface area contributed by atoms with Gasteiger partial charge in [0.25, 0.3) is 0 Å². The van der Waals surface area contributed by atoms with Crippen molar-refractivity contribution in [1.29, 1.82) is 0 Å². The third kappa shape index (κ3) is 27.0. The van der Waals surface area contributed by atoms with Crippen LogP contribution in [-0.2, 0) is 4.74 Å². The first kappa shape index (κ1) is 25.1. The van der Waals surface area contributed by atoms with Crippen molar-refractivity contribution in [3.63, 3.8) is 0 Å². The van der Waals surface area contributed by atoms with Gasteiger partial charge >= 0.3 is 0 Å². The second kappa shape index (κ2) is 19.9. The lowest BCUT2D eigenvalue weighted by Crippen LogP contribution is -2.15. The van der Waals surface area contributed by atoms with Gasteiger partial charge in [-0.2, -0.15) is 0 Å². The van der Waals surface area contributed by atoms with Crippen LogP contribution in [0.1, 0.15) is 79.1 Å². The summed E-state index contributed by atoms with van der Waals surface area (Å²) >= 11 is 0. The molecule has 0 fully saturated rings. The van der Waals surface area contributed by atoms with E-state index in [2.05, 4.69) is 27.7 Å². The van der Waals surface area contributed by atoms with E-state index in [-0.39, 0.29) is 13.2 Å². The Labute approximate surface area is 144 Å². The Morgan fingerprint density at radius 2 is 1.04 bits per heavy atom. The standard InChI is InChI=1S/C16H34O.C3H8O3/c1-15(2)11-7-5-9-13-17-14-10-6-8-12-16(3)4;4-1-3(6)2-5/h15-16H,5-14H2,1-4H3;3-6H,1-2H2. The highest BCUT2D eigenvalue weighted by Crippen LogP contribution is 2.09. The maximum Gasteiger partial charge on any atom is 0.100 e. The topological polar surface area (TPSA) is 69.9 Å². The average Bonchev–Trinajstić information content (AvgIpc) is 2.51. The first-order valence-corrected chi connectivity index (χ1v) is 9.41. The van der Waals surface area contributed by atoms with Gasteiger partial charge in [-0.15, -0.1) is 0 Å². The maximum absolute atomic E-state index is 8.17. The highest BCUT2D eigenvalue weighted by atomic mass is 16.5. The zero-order chi connectivity index (χ0) is 17.9. The summed E-state index contributed by atoms with van der Waals surface area (Å²) in [4.78, 5) is 0. The molecule has 23 heavy (non-hydrogen) atoms. The summed E-state index contributed by atoms with van der Waals surface area (Å²) in [6.45, 7) is 10.4. The number of aliphatic hydroxyl groups excluding tert-OH is 3. The summed E-state index contributed by atoms with van der Waals surface area (Å²) in [6, 6.07) is 0. The highest BCUT2D eigenvalue weighted by molar-refractivity contribution is 4.49. The van der Waals surface area contributed by atoms with E-state index in [1.165, 1.54) is 51.4 Å². The minimum atomic E-state index is -0.954. The fraction of sp³-hybridized carbons (Fsp3) is 1.00. The van der Waals surface area contributed by atoms with Gasteiger partial charge in [-0.1, -0.05) is 66.2 Å². The van der Waals surface area contributed by atoms with Crippen LogP contribution in [0.2, 0.25) is 0 Å². The van der Waals surface area contributed by atoms with Gasteiger partial charge in [0.15, 0.2) is 0 Å². The molecule has 0 spiro atoms. The molecule has 4 nitrogen and oxygen atoms in total. The Kier molecular flexibility index (Phi) is 21.7. The fourth-order valence-corrected chi connectivity index (χ4v) is 2.03. The van der Waals surface area contributed by atoms with Gasteiger partial charge in [0, 0.05) is 13.2 Å². The number of rotatable bonds is 14. The fourth-order valence-electron chi connectivity index (χ4n) is 2.03. The molecule has 0 aliphatic carbocycles. The molecule has 0 saturated heterocycles. The monoisotopic (exact) mass is 334 g/mol. The zero-order valence-electron chi connectivity index (χ0n) is 16.0. The molecule has 0 aromatic heterocycles. The summed E-state index contributed by atoms with van der Waals surface area (Å²) in [6.07, 6.45) is 9.70. The Balaban J connectivity index is 0. The molecule has 4 heteroatoms. The lowest BCUT2D eigenvalue weighted by molar-refractivity contribution is 0.0450. The molecule has 142 valence electrons. The van der Waals surface area contributed by atoms with Crippen molar-refractivity contribution in [3.05, 3.63) is 0 Å². The Hall–Kier alpha value is -0.160. The molecule has 0 aromatic carbocycles. The van der Waals surface area contributed by atoms with Crippen LogP contribution in [0, 0.1) is 11.8 Å². The summed E-state index contributed by atoms with van der Waals surface area (Å²) in [5, 5.41) is 24.0. The Morgan fingerprint density at radius 1 is 0.652 bits per heavy atom. The van der Waals surface area contributed by atoms with E-state index < -0.39 is 6.10 Å². The van der Waals surface area contributed by atoms with Crippen molar-refractivity contribution >= 4 is 0 Å². The second-order valence-corrected chi connectivity index (χ2v) is 7.12. The number of aliphatic hydroxyl groups is 3. The molecule has 0 atom stereocenters. The van der Waals surface area contributed by atoms with E-state index >= 15 is 0 Å². The van der Waals surface area contributed by atoms with Gasteiger partial charge in [0.1, 0.15) is 6.10 Å². The first-order valence-electron chi connectivity index (χ1n) is 9.41. The molecule has 0 radical (unpaired) electrons. The first-order chi connectivity index (χ1) is 10.9. The molecule has 0 unspecified atom stereocenters. The third-order valence-electron chi connectivity index (χ3n) is 3.56. The molecule has 0 rings (SSSR count). The molecule has 0 saturated carbocycles. The van der Waals surface area contributed by atoms with Gasteiger partial charge in [-0.25, -0.2) is 0 Å². The quantitative estimate of drug-likeness (QED) is 0.423. The largest absolute Gasteiger partial charge is 0.394 e. The molecule has 0 aliphatic rings. The van der Waals surface area contributed by atoms with Gasteiger partial charge in [-0.3, -0.25) is 0 Å². The van der Waals surface area contributed by atoms with Crippen LogP contribution in [0.5, 0.6) is 0 Å². The van der Waals surface area contributed by atoms with E-state index in [1.54, 1.807) is 0 Å². The smallest absolute Gasteiger partial charge is 0.100 e.